The van der Waals surface area contributed by atoms with Crippen molar-refractivity contribution in [2.24, 2.45) is 0 Å². The smallest absolute Gasteiger partial charge is 0.391 e. The molecule has 0 aromatic carbocycles. The third kappa shape index (κ3) is 19.7. The number of nitrogens with one attached hydrogen (secondary N) is 1. The molecule has 0 aliphatic heterocycles. The number of amides is 1. The lowest BCUT2D eigenvalue weighted by Gasteiger charge is -2.41. The van der Waals surface area contributed by atoms with Crippen LogP contribution in [0.5, 0.6) is 0 Å². The summed E-state index contributed by atoms with van der Waals surface area (Å²) in [6.07, 6.45) is 11.7. The molecule has 1 aliphatic carbocycles. The molecule has 12 nitrogen and oxygen atoms in total. The third-order valence-electron chi connectivity index (χ3n) is 9.42. The first kappa shape index (κ1) is 45.4. The number of hydrogen-bond acceptors (Lipinski definition) is 10. The van der Waals surface area contributed by atoms with E-state index in [0.717, 1.165) is 38.5 Å². The second kappa shape index (κ2) is 27.1. The first-order valence-electron chi connectivity index (χ1n) is 19.0. The summed E-state index contributed by atoms with van der Waals surface area (Å²) in [5, 5.41) is 63.6. The molecule has 1 fully saturated rings. The minimum Gasteiger partial charge on any atom is -0.391 e. The fourth-order valence-electron chi connectivity index (χ4n) is 6.20. The maximum atomic E-state index is 12.8. The molecule has 0 heterocycles. The first-order chi connectivity index (χ1) is 22.9. The third-order valence-corrected chi connectivity index (χ3v) is 10.4. The molecule has 1 saturated carbocycles. The van der Waals surface area contributed by atoms with Gasteiger partial charge in [0.25, 0.3) is 0 Å². The summed E-state index contributed by atoms with van der Waals surface area (Å²) >= 11 is 0. The molecule has 0 bridgehead atoms. The van der Waals surface area contributed by atoms with Crippen LogP contribution in [0.25, 0.3) is 0 Å². The molecule has 286 valence electrons. The van der Waals surface area contributed by atoms with Crippen molar-refractivity contribution in [2.75, 3.05) is 6.61 Å². The SMILES string of the molecule is CCCCCCCCCCCCCCC[C@@H](O)[C@H](COP(=O)(O)OC1C(O)C(O)C(O)[C@@H](O)C1O)NC(=O)CCCCCCCCCC. The number of carbonyl (C=O) groups excluding carboxylic acids is 1. The molecule has 8 N–H and O–H groups in total. The van der Waals surface area contributed by atoms with Crippen LogP contribution < -0.4 is 5.32 Å². The number of aliphatic hydroxyl groups is 6. The predicted molar refractivity (Wildman–Crippen MR) is 186 cm³/mol. The van der Waals surface area contributed by atoms with Gasteiger partial charge in [-0.25, -0.2) is 4.57 Å². The molecule has 13 heteroatoms. The highest BCUT2D eigenvalue weighted by Gasteiger charge is 2.51. The number of carbonyl (C=O) groups is 1. The first-order valence-corrected chi connectivity index (χ1v) is 20.5. The summed E-state index contributed by atoms with van der Waals surface area (Å²) in [6, 6.07) is -1.02. The molecular weight excluding hydrogens is 641 g/mol. The summed E-state index contributed by atoms with van der Waals surface area (Å²) < 4.78 is 22.8. The normalized spacial score (nSPS) is 25.4. The quantitative estimate of drug-likeness (QED) is 0.0361. The van der Waals surface area contributed by atoms with E-state index < -0.39 is 63.2 Å². The van der Waals surface area contributed by atoms with Crippen molar-refractivity contribution in [3.8, 4) is 0 Å². The van der Waals surface area contributed by atoms with Gasteiger partial charge in [-0.15, -0.1) is 0 Å². The van der Waals surface area contributed by atoms with Crippen molar-refractivity contribution in [3.63, 3.8) is 0 Å². The average molecular weight is 712 g/mol. The summed E-state index contributed by atoms with van der Waals surface area (Å²) in [7, 11) is -5.03. The Morgan fingerprint density at radius 2 is 1.00 bits per heavy atom. The van der Waals surface area contributed by atoms with Gasteiger partial charge in [0.1, 0.15) is 36.6 Å². The highest BCUT2D eigenvalue weighted by Crippen LogP contribution is 2.47. The standard InChI is InChI=1S/C35H70NO11P/c1-3-5-7-9-11-13-14-15-16-17-18-20-22-24-28(37)27(36-29(38)25-23-21-19-12-10-8-6-4-2)26-46-48(44,45)47-35-33(42)31(40)30(39)32(41)34(35)43/h27-28,30-35,37,39-43H,3-26H2,1-2H3,(H,36,38)(H,44,45)/t27-,28+,30?,31+,32?,33?,34?,35?/m0/s1. The number of phosphoric acid groups is 1. The Hall–Kier alpha value is -0.660. The zero-order chi connectivity index (χ0) is 35.8. The molecule has 48 heavy (non-hydrogen) atoms. The van der Waals surface area contributed by atoms with E-state index in [9.17, 15) is 44.9 Å². The number of aliphatic hydroxyl groups excluding tert-OH is 6. The Bertz CT molecular complexity index is 837. The van der Waals surface area contributed by atoms with Gasteiger partial charge in [0.15, 0.2) is 0 Å². The average Bonchev–Trinajstić information content (AvgIpc) is 3.06. The number of hydrogen-bond donors (Lipinski definition) is 8. The van der Waals surface area contributed by atoms with Crippen LogP contribution in [0.1, 0.15) is 162 Å². The molecule has 6 unspecified atom stereocenters. The van der Waals surface area contributed by atoms with Crippen LogP contribution in [0, 0.1) is 0 Å². The lowest BCUT2D eigenvalue weighted by molar-refractivity contribution is -0.220. The molecule has 0 aromatic heterocycles. The van der Waals surface area contributed by atoms with Gasteiger partial charge in [0, 0.05) is 6.42 Å². The van der Waals surface area contributed by atoms with Gasteiger partial charge in [0.2, 0.25) is 5.91 Å². The second-order valence-electron chi connectivity index (χ2n) is 13.8. The molecule has 0 aromatic rings. The Labute approximate surface area is 289 Å². The van der Waals surface area contributed by atoms with Crippen molar-refractivity contribution >= 4 is 13.7 Å². The lowest BCUT2D eigenvalue weighted by Crippen LogP contribution is -2.64. The van der Waals surface area contributed by atoms with Crippen molar-refractivity contribution in [3.05, 3.63) is 0 Å². The molecule has 0 spiro atoms. The molecule has 1 rings (SSSR count). The molecule has 1 aliphatic rings. The van der Waals surface area contributed by atoms with Crippen molar-refractivity contribution < 1.29 is 53.9 Å². The predicted octanol–water partition coefficient (Wildman–Crippen LogP) is 5.16. The molecule has 1 amide bonds. The minimum atomic E-state index is -5.03. The molecular formula is C35H70NO11P. The number of unbranched alkanes of at least 4 members (excludes halogenated alkanes) is 19. The fourth-order valence-corrected chi connectivity index (χ4v) is 7.17. The second-order valence-corrected chi connectivity index (χ2v) is 15.2. The number of rotatable bonds is 30. The van der Waals surface area contributed by atoms with Crippen LogP contribution >= 0.6 is 7.82 Å². The maximum absolute atomic E-state index is 12.8. The summed E-state index contributed by atoms with van der Waals surface area (Å²) in [4.78, 5) is 23.1. The summed E-state index contributed by atoms with van der Waals surface area (Å²) in [6.45, 7) is 3.81. The largest absolute Gasteiger partial charge is 0.472 e. The Kier molecular flexibility index (Phi) is 25.6. The van der Waals surface area contributed by atoms with Gasteiger partial charge in [0.05, 0.1) is 18.8 Å². The zero-order valence-corrected chi connectivity index (χ0v) is 30.7. The Balaban J connectivity index is 2.57. The van der Waals surface area contributed by atoms with Gasteiger partial charge in [-0.2, -0.15) is 0 Å². The van der Waals surface area contributed by atoms with E-state index in [1.54, 1.807) is 0 Å². The van der Waals surface area contributed by atoms with E-state index in [2.05, 4.69) is 19.2 Å². The summed E-state index contributed by atoms with van der Waals surface area (Å²) in [5.74, 6) is -0.314. The van der Waals surface area contributed by atoms with Gasteiger partial charge < -0.3 is 40.8 Å². The van der Waals surface area contributed by atoms with Crippen LogP contribution in [0.15, 0.2) is 0 Å². The maximum Gasteiger partial charge on any atom is 0.472 e. The van der Waals surface area contributed by atoms with Gasteiger partial charge >= 0.3 is 7.82 Å². The Morgan fingerprint density at radius 3 is 1.44 bits per heavy atom. The van der Waals surface area contributed by atoms with Crippen molar-refractivity contribution in [2.45, 2.75) is 210 Å². The fraction of sp³-hybridized carbons (Fsp3) is 0.971. The monoisotopic (exact) mass is 711 g/mol. The number of phosphoric ester groups is 1. The topological polar surface area (TPSA) is 206 Å². The van der Waals surface area contributed by atoms with E-state index in [1.165, 1.54) is 83.5 Å². The van der Waals surface area contributed by atoms with Crippen molar-refractivity contribution in [1.29, 1.82) is 0 Å². The van der Waals surface area contributed by atoms with E-state index >= 15 is 0 Å². The highest BCUT2D eigenvalue weighted by atomic mass is 31.2. The lowest BCUT2D eigenvalue weighted by atomic mass is 9.85. The van der Waals surface area contributed by atoms with Crippen LogP contribution in [0.3, 0.4) is 0 Å². The van der Waals surface area contributed by atoms with Gasteiger partial charge in [-0.3, -0.25) is 13.8 Å². The Morgan fingerprint density at radius 1 is 0.625 bits per heavy atom. The van der Waals surface area contributed by atoms with Gasteiger partial charge in [-0.1, -0.05) is 142 Å². The van der Waals surface area contributed by atoms with Crippen LogP contribution in [-0.4, -0.2) is 96.8 Å². The van der Waals surface area contributed by atoms with Crippen LogP contribution in [-0.2, 0) is 18.4 Å². The van der Waals surface area contributed by atoms with Crippen LogP contribution in [0.2, 0.25) is 0 Å². The van der Waals surface area contributed by atoms with Crippen molar-refractivity contribution in [1.82, 2.24) is 5.32 Å². The minimum absolute atomic E-state index is 0.239. The molecule has 0 saturated heterocycles. The zero-order valence-electron chi connectivity index (χ0n) is 29.8. The van der Waals surface area contributed by atoms with Crippen LogP contribution in [0.4, 0.5) is 0 Å². The van der Waals surface area contributed by atoms with E-state index in [0.29, 0.717) is 19.3 Å². The highest BCUT2D eigenvalue weighted by molar-refractivity contribution is 7.47. The van der Waals surface area contributed by atoms with E-state index in [-0.39, 0.29) is 12.3 Å². The molecule has 0 radical (unpaired) electrons. The summed E-state index contributed by atoms with van der Waals surface area (Å²) in [5.41, 5.74) is 0. The van der Waals surface area contributed by atoms with E-state index in [1.807, 2.05) is 0 Å². The van der Waals surface area contributed by atoms with E-state index in [4.69, 9.17) is 9.05 Å². The van der Waals surface area contributed by atoms with Gasteiger partial charge in [-0.05, 0) is 12.8 Å². The molecule has 9 atom stereocenters.